The van der Waals surface area contributed by atoms with E-state index in [1.807, 2.05) is 13.0 Å². The summed E-state index contributed by atoms with van der Waals surface area (Å²) in [4.78, 5) is 5.26. The van der Waals surface area contributed by atoms with Crippen LogP contribution in [0.3, 0.4) is 0 Å². The van der Waals surface area contributed by atoms with E-state index >= 15 is 0 Å². The van der Waals surface area contributed by atoms with E-state index in [1.165, 1.54) is 11.3 Å². The molecule has 0 saturated carbocycles. The van der Waals surface area contributed by atoms with Gasteiger partial charge in [-0.1, -0.05) is 5.16 Å². The molecule has 7 heteroatoms. The second kappa shape index (κ2) is 4.68. The van der Waals surface area contributed by atoms with Crippen molar-refractivity contribution in [2.75, 3.05) is 25.6 Å². The molecule has 0 radical (unpaired) electrons. The molecule has 1 aliphatic rings. The molecule has 2 aromatic rings. The van der Waals surface area contributed by atoms with E-state index in [0.717, 1.165) is 15.4 Å². The van der Waals surface area contributed by atoms with Crippen LogP contribution in [0.15, 0.2) is 10.6 Å². The first kappa shape index (κ1) is 11.6. The summed E-state index contributed by atoms with van der Waals surface area (Å²) in [6, 6.07) is 1.89. The minimum atomic E-state index is -0.242. The number of hydrogen-bond donors (Lipinski definition) is 1. The van der Waals surface area contributed by atoms with E-state index < -0.39 is 0 Å². The first-order valence-electron chi connectivity index (χ1n) is 5.63. The van der Waals surface area contributed by atoms with Gasteiger partial charge >= 0.3 is 0 Å². The van der Waals surface area contributed by atoms with Gasteiger partial charge in [-0.2, -0.15) is 4.98 Å². The molecule has 0 spiro atoms. The van der Waals surface area contributed by atoms with Gasteiger partial charge in [0.15, 0.2) is 0 Å². The molecule has 0 amide bonds. The van der Waals surface area contributed by atoms with Gasteiger partial charge in [0.25, 0.3) is 5.89 Å². The molecule has 3 rings (SSSR count). The molecule has 1 unspecified atom stereocenters. The van der Waals surface area contributed by atoms with Crippen LogP contribution in [0.5, 0.6) is 0 Å². The first-order chi connectivity index (χ1) is 8.74. The van der Waals surface area contributed by atoms with Crippen LogP contribution >= 0.6 is 11.3 Å². The minimum absolute atomic E-state index is 0.242. The molecule has 0 aliphatic carbocycles. The molecule has 1 fully saturated rings. The van der Waals surface area contributed by atoms with Crippen LogP contribution in [0.25, 0.3) is 10.8 Å². The van der Waals surface area contributed by atoms with E-state index in [4.69, 9.17) is 19.7 Å². The Morgan fingerprint density at radius 2 is 2.33 bits per heavy atom. The summed E-state index contributed by atoms with van der Waals surface area (Å²) < 4.78 is 16.1. The quantitative estimate of drug-likeness (QED) is 0.892. The van der Waals surface area contributed by atoms with Crippen molar-refractivity contribution in [1.29, 1.82) is 0 Å². The van der Waals surface area contributed by atoms with Gasteiger partial charge in [-0.15, -0.1) is 11.3 Å². The Hall–Kier alpha value is -1.44. The maximum absolute atomic E-state index is 5.75. The molecule has 2 aromatic heterocycles. The van der Waals surface area contributed by atoms with Crippen molar-refractivity contribution in [2.24, 2.45) is 0 Å². The second-order valence-corrected chi connectivity index (χ2v) is 5.14. The summed E-state index contributed by atoms with van der Waals surface area (Å²) in [5, 5.41) is 4.68. The van der Waals surface area contributed by atoms with Crippen molar-refractivity contribution in [3.05, 3.63) is 17.5 Å². The lowest BCUT2D eigenvalue weighted by Crippen LogP contribution is -2.22. The van der Waals surface area contributed by atoms with Crippen LogP contribution < -0.4 is 5.73 Å². The SMILES string of the molecule is Cc1cc(N)sc1-c1nc(C2COCCO2)no1. The Kier molecular flexibility index (Phi) is 3.02. The Bertz CT molecular complexity index is 545. The van der Waals surface area contributed by atoms with Gasteiger partial charge in [-0.3, -0.25) is 0 Å². The number of thiophene rings is 1. The van der Waals surface area contributed by atoms with Crippen LogP contribution in [0, 0.1) is 6.92 Å². The van der Waals surface area contributed by atoms with Crippen molar-refractivity contribution in [2.45, 2.75) is 13.0 Å². The van der Waals surface area contributed by atoms with Crippen molar-refractivity contribution in [1.82, 2.24) is 10.1 Å². The molecule has 2 N–H and O–H groups in total. The normalized spacial score (nSPS) is 20.2. The summed E-state index contributed by atoms with van der Waals surface area (Å²) in [6.45, 7) is 3.60. The van der Waals surface area contributed by atoms with E-state index in [0.29, 0.717) is 31.5 Å². The lowest BCUT2D eigenvalue weighted by Gasteiger charge is -2.19. The van der Waals surface area contributed by atoms with Crippen molar-refractivity contribution in [3.63, 3.8) is 0 Å². The number of ether oxygens (including phenoxy) is 2. The topological polar surface area (TPSA) is 83.4 Å². The fourth-order valence-corrected chi connectivity index (χ4v) is 2.68. The third kappa shape index (κ3) is 2.12. The van der Waals surface area contributed by atoms with Gasteiger partial charge < -0.3 is 19.7 Å². The maximum Gasteiger partial charge on any atom is 0.268 e. The predicted molar refractivity (Wildman–Crippen MR) is 66.3 cm³/mol. The van der Waals surface area contributed by atoms with E-state index in [2.05, 4.69) is 10.1 Å². The number of nitrogens with zero attached hydrogens (tertiary/aromatic N) is 2. The summed E-state index contributed by atoms with van der Waals surface area (Å²) in [6.07, 6.45) is -0.242. The molecule has 1 atom stereocenters. The van der Waals surface area contributed by atoms with Crippen LogP contribution in [0.2, 0.25) is 0 Å². The largest absolute Gasteiger partial charge is 0.391 e. The Balaban J connectivity index is 1.86. The molecule has 1 aliphatic heterocycles. The van der Waals surface area contributed by atoms with Crippen molar-refractivity contribution < 1.29 is 14.0 Å². The lowest BCUT2D eigenvalue weighted by atomic mass is 10.3. The Labute approximate surface area is 108 Å². The number of hydrogen-bond acceptors (Lipinski definition) is 7. The Morgan fingerprint density at radius 3 is 3.00 bits per heavy atom. The molecule has 0 aromatic carbocycles. The van der Waals surface area contributed by atoms with E-state index in [-0.39, 0.29) is 6.10 Å². The molecule has 0 bridgehead atoms. The van der Waals surface area contributed by atoms with Crippen LogP contribution in [0.1, 0.15) is 17.5 Å². The van der Waals surface area contributed by atoms with Crippen LogP contribution in [0.4, 0.5) is 5.00 Å². The highest BCUT2D eigenvalue weighted by atomic mass is 32.1. The standard InChI is InChI=1S/C11H13N3O3S/c1-6-4-8(12)18-9(6)11-13-10(14-17-11)7-5-15-2-3-16-7/h4,7H,2-3,5,12H2,1H3. The molecule has 1 saturated heterocycles. The van der Waals surface area contributed by atoms with Crippen LogP contribution in [-0.2, 0) is 9.47 Å². The van der Waals surface area contributed by atoms with Gasteiger partial charge in [0.2, 0.25) is 5.82 Å². The van der Waals surface area contributed by atoms with E-state index in [1.54, 1.807) is 0 Å². The second-order valence-electron chi connectivity index (χ2n) is 4.05. The molecule has 96 valence electrons. The average Bonchev–Trinajstić information content (AvgIpc) is 2.97. The fourth-order valence-electron chi connectivity index (χ4n) is 1.81. The molecular formula is C11H13N3O3S. The van der Waals surface area contributed by atoms with Gasteiger partial charge in [0.05, 0.1) is 29.7 Å². The molecule has 18 heavy (non-hydrogen) atoms. The number of nitrogen functional groups attached to an aromatic ring is 1. The van der Waals surface area contributed by atoms with E-state index in [9.17, 15) is 0 Å². The zero-order chi connectivity index (χ0) is 12.5. The smallest absolute Gasteiger partial charge is 0.268 e. The van der Waals surface area contributed by atoms with Gasteiger partial charge in [-0.05, 0) is 18.6 Å². The summed E-state index contributed by atoms with van der Waals surface area (Å²) in [5.74, 6) is 1.01. The molecular weight excluding hydrogens is 254 g/mol. The highest BCUT2D eigenvalue weighted by molar-refractivity contribution is 7.19. The Morgan fingerprint density at radius 1 is 1.44 bits per heavy atom. The summed E-state index contributed by atoms with van der Waals surface area (Å²) in [7, 11) is 0. The number of nitrogens with two attached hydrogens (primary N) is 1. The lowest BCUT2D eigenvalue weighted by molar-refractivity contribution is -0.0941. The first-order valence-corrected chi connectivity index (χ1v) is 6.45. The molecule has 3 heterocycles. The fraction of sp³-hybridized carbons (Fsp3) is 0.455. The maximum atomic E-state index is 5.75. The average molecular weight is 267 g/mol. The number of anilines is 1. The minimum Gasteiger partial charge on any atom is -0.391 e. The zero-order valence-corrected chi connectivity index (χ0v) is 10.7. The van der Waals surface area contributed by atoms with Crippen molar-refractivity contribution in [3.8, 4) is 10.8 Å². The van der Waals surface area contributed by atoms with Gasteiger partial charge in [0.1, 0.15) is 6.10 Å². The highest BCUT2D eigenvalue weighted by Gasteiger charge is 2.23. The monoisotopic (exact) mass is 267 g/mol. The predicted octanol–water partition coefficient (Wildman–Crippen LogP) is 1.78. The third-order valence-electron chi connectivity index (χ3n) is 2.68. The number of rotatable bonds is 2. The number of aryl methyl sites for hydroxylation is 1. The third-order valence-corrected chi connectivity index (χ3v) is 3.73. The highest BCUT2D eigenvalue weighted by Crippen LogP contribution is 2.33. The zero-order valence-electron chi connectivity index (χ0n) is 9.88. The van der Waals surface area contributed by atoms with Crippen molar-refractivity contribution >= 4 is 16.3 Å². The van der Waals surface area contributed by atoms with Gasteiger partial charge in [0, 0.05) is 0 Å². The number of aromatic nitrogens is 2. The van der Waals surface area contributed by atoms with Gasteiger partial charge in [-0.25, -0.2) is 0 Å². The summed E-state index contributed by atoms with van der Waals surface area (Å²) in [5.41, 5.74) is 6.79. The van der Waals surface area contributed by atoms with Crippen LogP contribution in [-0.4, -0.2) is 30.0 Å². The molecule has 6 nitrogen and oxygen atoms in total. The summed E-state index contributed by atoms with van der Waals surface area (Å²) >= 11 is 1.44.